The minimum atomic E-state index is -4.85. The van der Waals surface area contributed by atoms with Crippen molar-refractivity contribution in [3.05, 3.63) is 59.9 Å². The molecule has 44 heavy (non-hydrogen) atoms. The smallest absolute Gasteiger partial charge is 0.416 e. The third-order valence-corrected chi connectivity index (χ3v) is 6.63. The van der Waals surface area contributed by atoms with E-state index in [9.17, 15) is 26.4 Å². The van der Waals surface area contributed by atoms with Crippen molar-refractivity contribution in [3.63, 3.8) is 0 Å². The van der Waals surface area contributed by atoms with Gasteiger partial charge in [0.2, 0.25) is 15.9 Å². The Labute approximate surface area is 250 Å². The highest BCUT2D eigenvalue weighted by molar-refractivity contribution is 7.92. The summed E-state index contributed by atoms with van der Waals surface area (Å²) in [6, 6.07) is 9.36. The summed E-state index contributed by atoms with van der Waals surface area (Å²) in [5.74, 6) is -0.650. The molecule has 0 unspecified atom stereocenters. The molecule has 1 amide bonds. The number of aryl methyl sites for hydroxylation is 1. The summed E-state index contributed by atoms with van der Waals surface area (Å²) in [6.45, 7) is 1.13. The van der Waals surface area contributed by atoms with Crippen LogP contribution in [0.5, 0.6) is 23.4 Å². The van der Waals surface area contributed by atoms with E-state index in [1.165, 1.54) is 22.9 Å². The highest BCUT2D eigenvalue weighted by Crippen LogP contribution is 2.41. The van der Waals surface area contributed by atoms with Gasteiger partial charge in [-0.25, -0.2) is 13.4 Å². The molecule has 4 aromatic rings. The monoisotopic (exact) mass is 638 g/mol. The number of methoxy groups -OCH3 is 1. The van der Waals surface area contributed by atoms with Gasteiger partial charge >= 0.3 is 12.2 Å². The number of nitrogens with zero attached hydrogens (tertiary/aromatic N) is 3. The number of para-hydroxylation sites is 1. The fraction of sp³-hybridized carbons (Fsp3) is 0.296. The number of halogens is 3. The predicted molar refractivity (Wildman–Crippen MR) is 155 cm³/mol. The van der Waals surface area contributed by atoms with Crippen molar-refractivity contribution in [2.75, 3.05) is 49.7 Å². The maximum Gasteiger partial charge on any atom is 0.416 e. The fourth-order valence-electron chi connectivity index (χ4n) is 4.23. The Hall–Kier alpha value is -4.61. The lowest BCUT2D eigenvalue weighted by molar-refractivity contribution is -0.137. The molecular formula is C27H29F3N6O7S. The third kappa shape index (κ3) is 7.86. The number of benzene rings is 2. The van der Waals surface area contributed by atoms with Gasteiger partial charge in [-0.3, -0.25) is 9.52 Å². The molecule has 0 radical (unpaired) electrons. The molecule has 17 heteroatoms. The molecular weight excluding hydrogens is 609 g/mol. The molecule has 2 aromatic heterocycles. The zero-order valence-electron chi connectivity index (χ0n) is 23.7. The number of carbonyl (C=O) groups is 1. The molecule has 0 aliphatic rings. The quantitative estimate of drug-likeness (QED) is 0.160. The molecule has 0 saturated heterocycles. The van der Waals surface area contributed by atoms with Crippen molar-refractivity contribution in [2.24, 2.45) is 7.05 Å². The molecule has 2 heterocycles. The Morgan fingerprint density at radius 2 is 1.86 bits per heavy atom. The molecule has 0 atom stereocenters. The molecule has 0 spiro atoms. The number of nitrogens with one attached hydrogen (secondary N) is 3. The number of carbonyl (C=O) groups excluding carboxylic acids is 1. The minimum Gasteiger partial charge on any atom is -0.492 e. The largest absolute Gasteiger partial charge is 0.492 e. The first-order valence-corrected chi connectivity index (χ1v) is 14.8. The van der Waals surface area contributed by atoms with Crippen molar-refractivity contribution in [2.45, 2.75) is 6.18 Å². The highest BCUT2D eigenvalue weighted by Gasteiger charge is 2.33. The SMILES string of the molecule is COc1c(NC(=O)c2cc3cccc(Oc4ccnc(OCCNCCO)n4)c3n2C)cc(C(F)(F)F)cc1NS(C)(=O)=O. The second-order valence-corrected chi connectivity index (χ2v) is 11.1. The van der Waals surface area contributed by atoms with E-state index in [4.69, 9.17) is 19.3 Å². The van der Waals surface area contributed by atoms with Gasteiger partial charge in [-0.2, -0.15) is 18.2 Å². The Kier molecular flexibility index (Phi) is 9.81. The van der Waals surface area contributed by atoms with Gasteiger partial charge in [0.25, 0.3) is 5.91 Å². The number of aliphatic hydroxyl groups is 1. The average molecular weight is 639 g/mol. The van der Waals surface area contributed by atoms with E-state index in [0.29, 0.717) is 41.9 Å². The van der Waals surface area contributed by atoms with Crippen LogP contribution < -0.4 is 29.6 Å². The summed E-state index contributed by atoms with van der Waals surface area (Å²) in [4.78, 5) is 21.7. The van der Waals surface area contributed by atoms with Gasteiger partial charge < -0.3 is 34.5 Å². The van der Waals surface area contributed by atoms with Crippen molar-refractivity contribution < 1.29 is 45.7 Å². The normalized spacial score (nSPS) is 11.8. The standard InChI is InChI=1S/C27H29F3N6O7S/c1-36-20(25(38)33-18-14-17(27(28,29)30)15-19(24(18)41-2)35-44(3,39)40)13-16-5-4-6-21(23(16)36)43-22-7-8-32-26(34-22)42-12-10-31-9-11-37/h4-8,13-15,31,35,37H,9-12H2,1-3H3,(H,33,38). The van der Waals surface area contributed by atoms with Crippen LogP contribution in [0.3, 0.4) is 0 Å². The number of ether oxygens (including phenoxy) is 3. The Morgan fingerprint density at radius 3 is 2.55 bits per heavy atom. The summed E-state index contributed by atoms with van der Waals surface area (Å²) >= 11 is 0. The maximum absolute atomic E-state index is 13.7. The lowest BCUT2D eigenvalue weighted by Crippen LogP contribution is -2.24. The predicted octanol–water partition coefficient (Wildman–Crippen LogP) is 3.37. The first-order valence-electron chi connectivity index (χ1n) is 12.9. The van der Waals surface area contributed by atoms with Gasteiger partial charge in [0, 0.05) is 37.8 Å². The van der Waals surface area contributed by atoms with E-state index in [1.807, 2.05) is 4.72 Å². The van der Waals surface area contributed by atoms with E-state index in [1.54, 1.807) is 25.2 Å². The number of aliphatic hydroxyl groups excluding tert-OH is 1. The highest BCUT2D eigenvalue weighted by atomic mass is 32.2. The number of alkyl halides is 3. The second kappa shape index (κ2) is 13.4. The van der Waals surface area contributed by atoms with Crippen LogP contribution in [0.1, 0.15) is 16.1 Å². The minimum absolute atomic E-state index is 0.00285. The number of hydrogen-bond donors (Lipinski definition) is 4. The second-order valence-electron chi connectivity index (χ2n) is 9.31. The summed E-state index contributed by atoms with van der Waals surface area (Å²) in [5.41, 5.74) is -1.58. The van der Waals surface area contributed by atoms with Gasteiger partial charge in [-0.05, 0) is 24.3 Å². The van der Waals surface area contributed by atoms with Gasteiger partial charge in [0.05, 0.1) is 42.4 Å². The molecule has 2 aromatic carbocycles. The van der Waals surface area contributed by atoms with Gasteiger partial charge in [0.15, 0.2) is 11.5 Å². The van der Waals surface area contributed by atoms with Crippen LogP contribution in [0.4, 0.5) is 24.5 Å². The molecule has 0 saturated carbocycles. The van der Waals surface area contributed by atoms with Crippen LogP contribution in [0.2, 0.25) is 0 Å². The molecule has 0 aliphatic carbocycles. The van der Waals surface area contributed by atoms with E-state index in [2.05, 4.69) is 20.6 Å². The van der Waals surface area contributed by atoms with E-state index < -0.39 is 39.0 Å². The van der Waals surface area contributed by atoms with Gasteiger partial charge in [-0.15, -0.1) is 0 Å². The maximum atomic E-state index is 13.7. The first kappa shape index (κ1) is 32.3. The van der Waals surface area contributed by atoms with E-state index in [0.717, 1.165) is 13.4 Å². The molecule has 236 valence electrons. The molecule has 13 nitrogen and oxygen atoms in total. The Morgan fingerprint density at radius 1 is 1.11 bits per heavy atom. The summed E-state index contributed by atoms with van der Waals surface area (Å²) < 4.78 is 84.7. The lowest BCUT2D eigenvalue weighted by atomic mass is 10.1. The van der Waals surface area contributed by atoms with Crippen LogP contribution in [-0.2, 0) is 23.2 Å². The molecule has 0 aliphatic heterocycles. The van der Waals surface area contributed by atoms with Crippen LogP contribution in [-0.4, -0.2) is 73.6 Å². The number of rotatable bonds is 13. The fourth-order valence-corrected chi connectivity index (χ4v) is 4.78. The van der Waals surface area contributed by atoms with Gasteiger partial charge in [-0.1, -0.05) is 12.1 Å². The number of anilines is 2. The summed E-state index contributed by atoms with van der Waals surface area (Å²) in [6.07, 6.45) is -2.64. The molecule has 4 N–H and O–H groups in total. The summed E-state index contributed by atoms with van der Waals surface area (Å²) in [7, 11) is -1.29. The zero-order chi connectivity index (χ0) is 32.1. The number of sulfonamides is 1. The van der Waals surface area contributed by atoms with Crippen LogP contribution in [0.25, 0.3) is 10.9 Å². The van der Waals surface area contributed by atoms with Crippen molar-refractivity contribution >= 4 is 38.2 Å². The van der Waals surface area contributed by atoms with Gasteiger partial charge in [0.1, 0.15) is 12.3 Å². The van der Waals surface area contributed by atoms with Crippen molar-refractivity contribution in [1.82, 2.24) is 19.9 Å². The Balaban J connectivity index is 1.63. The number of hydrogen-bond acceptors (Lipinski definition) is 10. The number of fused-ring (bicyclic) bond motifs is 1. The zero-order valence-corrected chi connectivity index (χ0v) is 24.5. The number of amides is 1. The molecule has 0 fully saturated rings. The average Bonchev–Trinajstić information content (AvgIpc) is 3.29. The lowest BCUT2D eigenvalue weighted by Gasteiger charge is -2.18. The molecule has 4 rings (SSSR count). The van der Waals surface area contributed by atoms with Crippen LogP contribution >= 0.6 is 0 Å². The van der Waals surface area contributed by atoms with E-state index in [-0.39, 0.29) is 36.5 Å². The van der Waals surface area contributed by atoms with E-state index >= 15 is 0 Å². The van der Waals surface area contributed by atoms with Crippen LogP contribution in [0, 0.1) is 0 Å². The van der Waals surface area contributed by atoms with Crippen LogP contribution in [0.15, 0.2) is 48.7 Å². The van der Waals surface area contributed by atoms with Crippen molar-refractivity contribution in [1.29, 1.82) is 0 Å². The third-order valence-electron chi connectivity index (χ3n) is 6.04. The first-order chi connectivity index (χ1) is 20.8. The molecule has 0 bridgehead atoms. The van der Waals surface area contributed by atoms with Crippen molar-refractivity contribution in [3.8, 4) is 23.4 Å². The number of aromatic nitrogens is 3. The summed E-state index contributed by atoms with van der Waals surface area (Å²) in [5, 5.41) is 14.8. The Bertz CT molecular complexity index is 1760. The topological polar surface area (TPSA) is 166 Å².